The molecule has 5 nitrogen and oxygen atoms in total. The van der Waals surface area contributed by atoms with Crippen LogP contribution in [0.4, 0.5) is 0 Å². The summed E-state index contributed by atoms with van der Waals surface area (Å²) in [6, 6.07) is 2.23. The van der Waals surface area contributed by atoms with E-state index in [1.165, 1.54) is 0 Å². The number of aromatic nitrogens is 4. The van der Waals surface area contributed by atoms with E-state index in [0.29, 0.717) is 0 Å². The maximum absolute atomic E-state index is 4.53. The molecule has 0 saturated heterocycles. The number of hydrogen-bond acceptors (Lipinski definition) is 3. The van der Waals surface area contributed by atoms with Gasteiger partial charge >= 0.3 is 0 Å². The third-order valence-electron chi connectivity index (χ3n) is 2.89. The van der Waals surface area contributed by atoms with Crippen LogP contribution in [0.5, 0.6) is 0 Å². The Bertz CT molecular complexity index is 477. The lowest BCUT2D eigenvalue weighted by molar-refractivity contribution is 0.597. The molecule has 92 valence electrons. The maximum Gasteiger partial charge on any atom is 0.0843 e. The summed E-state index contributed by atoms with van der Waals surface area (Å²) in [5.74, 6) is 0. The normalized spacial score (nSPS) is 12.9. The highest BCUT2D eigenvalue weighted by Crippen LogP contribution is 2.20. The molecule has 0 amide bonds. The Morgan fingerprint density at radius 2 is 2.18 bits per heavy atom. The predicted molar refractivity (Wildman–Crippen MR) is 66.7 cm³/mol. The van der Waals surface area contributed by atoms with Crippen LogP contribution in [0.1, 0.15) is 29.9 Å². The van der Waals surface area contributed by atoms with Crippen molar-refractivity contribution in [3.63, 3.8) is 0 Å². The summed E-state index contributed by atoms with van der Waals surface area (Å²) in [6.07, 6.45) is 3.91. The van der Waals surface area contributed by atoms with Gasteiger partial charge in [0.05, 0.1) is 17.9 Å². The van der Waals surface area contributed by atoms with E-state index in [1.807, 2.05) is 35.9 Å². The highest BCUT2D eigenvalue weighted by atomic mass is 15.3. The van der Waals surface area contributed by atoms with Crippen molar-refractivity contribution in [2.24, 2.45) is 14.1 Å². The van der Waals surface area contributed by atoms with Crippen molar-refractivity contribution in [1.29, 1.82) is 0 Å². The summed E-state index contributed by atoms with van der Waals surface area (Å²) in [7, 11) is 3.89. The van der Waals surface area contributed by atoms with E-state index >= 15 is 0 Å². The van der Waals surface area contributed by atoms with Crippen LogP contribution in [0.15, 0.2) is 18.5 Å². The van der Waals surface area contributed by atoms with E-state index in [1.54, 1.807) is 0 Å². The Morgan fingerprint density at radius 3 is 2.65 bits per heavy atom. The molecule has 0 bridgehead atoms. The van der Waals surface area contributed by atoms with Crippen molar-refractivity contribution < 1.29 is 0 Å². The first-order valence-electron chi connectivity index (χ1n) is 5.84. The molecule has 0 fully saturated rings. The van der Waals surface area contributed by atoms with Gasteiger partial charge in [-0.2, -0.15) is 10.2 Å². The molecule has 0 radical (unpaired) electrons. The number of nitrogens with zero attached hydrogens (tertiary/aromatic N) is 4. The van der Waals surface area contributed by atoms with Gasteiger partial charge in [-0.1, -0.05) is 6.92 Å². The summed E-state index contributed by atoms with van der Waals surface area (Å²) >= 11 is 0. The lowest BCUT2D eigenvalue weighted by atomic mass is 10.1. The number of nitrogens with one attached hydrogen (secondary N) is 1. The molecule has 1 unspecified atom stereocenters. The summed E-state index contributed by atoms with van der Waals surface area (Å²) in [6.45, 7) is 5.05. The maximum atomic E-state index is 4.53. The zero-order chi connectivity index (χ0) is 12.4. The summed E-state index contributed by atoms with van der Waals surface area (Å²) in [5.41, 5.74) is 3.35. The molecular weight excluding hydrogens is 214 g/mol. The number of hydrogen-bond donors (Lipinski definition) is 1. The van der Waals surface area contributed by atoms with Crippen molar-refractivity contribution in [2.75, 3.05) is 6.54 Å². The van der Waals surface area contributed by atoms with E-state index in [0.717, 1.165) is 23.5 Å². The van der Waals surface area contributed by atoms with E-state index in [4.69, 9.17) is 0 Å². The molecule has 1 N–H and O–H groups in total. The smallest absolute Gasteiger partial charge is 0.0843 e. The third kappa shape index (κ3) is 2.39. The molecule has 17 heavy (non-hydrogen) atoms. The van der Waals surface area contributed by atoms with Crippen LogP contribution in [-0.2, 0) is 14.1 Å². The second-order valence-corrected chi connectivity index (χ2v) is 4.27. The Labute approximate surface area is 101 Å². The van der Waals surface area contributed by atoms with E-state index in [2.05, 4.69) is 35.4 Å². The van der Waals surface area contributed by atoms with Crippen LogP contribution in [0, 0.1) is 6.92 Å². The van der Waals surface area contributed by atoms with Crippen LogP contribution in [0.2, 0.25) is 0 Å². The lowest BCUT2D eigenvalue weighted by Crippen LogP contribution is -2.22. The van der Waals surface area contributed by atoms with Gasteiger partial charge < -0.3 is 5.32 Å². The van der Waals surface area contributed by atoms with E-state index in [-0.39, 0.29) is 6.04 Å². The number of rotatable bonds is 4. The minimum atomic E-state index is 0.119. The average Bonchev–Trinajstić information content (AvgIpc) is 2.83. The number of aryl methyl sites for hydroxylation is 3. The molecular formula is C12H19N5. The van der Waals surface area contributed by atoms with Crippen molar-refractivity contribution in [3.05, 3.63) is 35.4 Å². The van der Waals surface area contributed by atoms with Crippen LogP contribution in [0.25, 0.3) is 0 Å². The van der Waals surface area contributed by atoms with E-state index < -0.39 is 0 Å². The Kier molecular flexibility index (Phi) is 3.28. The fraction of sp³-hybridized carbons (Fsp3) is 0.500. The molecule has 0 aromatic carbocycles. The molecule has 0 aliphatic rings. The molecule has 2 heterocycles. The Morgan fingerprint density at radius 1 is 1.41 bits per heavy atom. The molecule has 2 aromatic heterocycles. The van der Waals surface area contributed by atoms with Gasteiger partial charge in [-0.25, -0.2) is 0 Å². The minimum absolute atomic E-state index is 0.119. The minimum Gasteiger partial charge on any atom is -0.305 e. The van der Waals surface area contributed by atoms with Gasteiger partial charge in [0.1, 0.15) is 0 Å². The predicted octanol–water partition coefficient (Wildman–Crippen LogP) is 1.16. The fourth-order valence-corrected chi connectivity index (χ4v) is 1.92. The molecule has 0 saturated carbocycles. The highest BCUT2D eigenvalue weighted by Gasteiger charge is 2.17. The van der Waals surface area contributed by atoms with Gasteiger partial charge in [-0.15, -0.1) is 0 Å². The summed E-state index contributed by atoms with van der Waals surface area (Å²) < 4.78 is 3.71. The van der Waals surface area contributed by atoms with Gasteiger partial charge in [-0.05, 0) is 19.5 Å². The molecule has 1 atom stereocenters. The SMILES string of the molecule is CCNC(c1cnn(C)c1)c1cc(C)n(C)n1. The second-order valence-electron chi connectivity index (χ2n) is 4.27. The van der Waals surface area contributed by atoms with Crippen LogP contribution in [-0.4, -0.2) is 26.1 Å². The first-order valence-corrected chi connectivity index (χ1v) is 5.84. The first-order chi connectivity index (χ1) is 8.11. The van der Waals surface area contributed by atoms with Crippen LogP contribution >= 0.6 is 0 Å². The van der Waals surface area contributed by atoms with Crippen LogP contribution in [0.3, 0.4) is 0 Å². The van der Waals surface area contributed by atoms with Crippen molar-refractivity contribution in [1.82, 2.24) is 24.9 Å². The molecule has 5 heteroatoms. The van der Waals surface area contributed by atoms with Crippen molar-refractivity contribution >= 4 is 0 Å². The van der Waals surface area contributed by atoms with E-state index in [9.17, 15) is 0 Å². The third-order valence-corrected chi connectivity index (χ3v) is 2.89. The van der Waals surface area contributed by atoms with Gasteiger partial charge in [-0.3, -0.25) is 9.36 Å². The summed E-state index contributed by atoms with van der Waals surface area (Å²) in [4.78, 5) is 0. The Balaban J connectivity index is 2.34. The molecule has 2 aromatic rings. The zero-order valence-corrected chi connectivity index (χ0v) is 10.8. The topological polar surface area (TPSA) is 47.7 Å². The second kappa shape index (κ2) is 4.71. The molecule has 2 rings (SSSR count). The Hall–Kier alpha value is -1.62. The van der Waals surface area contributed by atoms with Gasteiger partial charge in [0.25, 0.3) is 0 Å². The average molecular weight is 233 g/mol. The standard InChI is InChI=1S/C12H19N5/c1-5-13-12(10-7-14-16(3)8-10)11-6-9(2)17(4)15-11/h6-8,12-13H,5H2,1-4H3. The first kappa shape index (κ1) is 11.9. The molecule has 0 aliphatic heterocycles. The largest absolute Gasteiger partial charge is 0.305 e. The molecule has 0 spiro atoms. The van der Waals surface area contributed by atoms with Gasteiger partial charge in [0, 0.05) is 31.5 Å². The summed E-state index contributed by atoms with van der Waals surface area (Å²) in [5, 5.41) is 12.2. The van der Waals surface area contributed by atoms with Crippen LogP contribution < -0.4 is 5.32 Å². The van der Waals surface area contributed by atoms with Gasteiger partial charge in [0.2, 0.25) is 0 Å². The fourth-order valence-electron chi connectivity index (χ4n) is 1.92. The van der Waals surface area contributed by atoms with Crippen molar-refractivity contribution in [3.8, 4) is 0 Å². The monoisotopic (exact) mass is 233 g/mol. The highest BCUT2D eigenvalue weighted by molar-refractivity contribution is 5.24. The van der Waals surface area contributed by atoms with Crippen molar-refractivity contribution in [2.45, 2.75) is 19.9 Å². The lowest BCUT2D eigenvalue weighted by Gasteiger charge is -2.13. The zero-order valence-electron chi connectivity index (χ0n) is 10.8. The molecule has 0 aliphatic carbocycles. The van der Waals surface area contributed by atoms with Gasteiger partial charge in [0.15, 0.2) is 0 Å². The quantitative estimate of drug-likeness (QED) is 0.862.